The van der Waals surface area contributed by atoms with Gasteiger partial charge in [-0.25, -0.2) is 4.98 Å². The molecule has 26 heavy (non-hydrogen) atoms. The van der Waals surface area contributed by atoms with E-state index in [4.69, 9.17) is 4.74 Å². The molecule has 0 radical (unpaired) electrons. The number of fused-ring (bicyclic) bond motifs is 1. The van der Waals surface area contributed by atoms with E-state index in [0.29, 0.717) is 29.3 Å². The van der Waals surface area contributed by atoms with E-state index < -0.39 is 0 Å². The zero-order valence-electron chi connectivity index (χ0n) is 13.7. The number of hydrogen-bond donors (Lipinski definition) is 2. The molecule has 0 spiro atoms. The second-order valence-electron chi connectivity index (χ2n) is 5.63. The average Bonchev–Trinajstić information content (AvgIpc) is 3.15. The van der Waals surface area contributed by atoms with Crippen LogP contribution < -0.4 is 10.1 Å². The second kappa shape index (κ2) is 7.02. The van der Waals surface area contributed by atoms with Gasteiger partial charge < -0.3 is 10.1 Å². The average molecular weight is 345 g/mol. The van der Waals surface area contributed by atoms with Crippen molar-refractivity contribution in [2.75, 3.05) is 0 Å². The summed E-state index contributed by atoms with van der Waals surface area (Å²) in [6, 6.07) is 18.2. The summed E-state index contributed by atoms with van der Waals surface area (Å²) in [6.07, 6.45) is 1.67. The lowest BCUT2D eigenvalue weighted by Gasteiger charge is -2.08. The first-order valence-electron chi connectivity index (χ1n) is 8.04. The van der Waals surface area contributed by atoms with Crippen LogP contribution in [0.1, 0.15) is 15.9 Å². The molecular weight excluding hydrogens is 330 g/mol. The highest BCUT2D eigenvalue weighted by Gasteiger charge is 2.08. The fraction of sp³-hybridized carbons (Fsp3) is 0.0526. The highest BCUT2D eigenvalue weighted by Crippen LogP contribution is 2.20. The molecule has 0 aliphatic rings. The van der Waals surface area contributed by atoms with Gasteiger partial charge >= 0.3 is 0 Å². The lowest BCUT2D eigenvalue weighted by molar-refractivity contribution is 0.0951. The highest BCUT2D eigenvalue weighted by molar-refractivity contribution is 5.97. The maximum atomic E-state index is 12.3. The van der Waals surface area contributed by atoms with Crippen molar-refractivity contribution >= 4 is 16.9 Å². The first-order valence-corrected chi connectivity index (χ1v) is 8.04. The van der Waals surface area contributed by atoms with Crippen LogP contribution in [0.15, 0.2) is 66.9 Å². The van der Waals surface area contributed by atoms with Crippen LogP contribution in [0.3, 0.4) is 0 Å². The third kappa shape index (κ3) is 3.51. The van der Waals surface area contributed by atoms with E-state index in [9.17, 15) is 4.79 Å². The molecule has 1 amide bonds. The Bertz CT molecular complexity index is 1050. The van der Waals surface area contributed by atoms with Crippen LogP contribution in [0.4, 0.5) is 0 Å². The molecule has 2 heterocycles. The predicted octanol–water partition coefficient (Wildman–Crippen LogP) is 3.08. The Labute approximate surface area is 149 Å². The summed E-state index contributed by atoms with van der Waals surface area (Å²) in [5.74, 6) is 1.01. The van der Waals surface area contributed by atoms with Gasteiger partial charge in [-0.2, -0.15) is 15.4 Å². The summed E-state index contributed by atoms with van der Waals surface area (Å²) in [5, 5.41) is 13.4. The number of ether oxygens (including phenoxy) is 1. The van der Waals surface area contributed by atoms with Crippen molar-refractivity contribution in [3.05, 3.63) is 78.0 Å². The summed E-state index contributed by atoms with van der Waals surface area (Å²) >= 11 is 0. The van der Waals surface area contributed by atoms with Crippen LogP contribution in [0, 0.1) is 0 Å². The summed E-state index contributed by atoms with van der Waals surface area (Å²) in [5.41, 5.74) is 2.84. The molecule has 2 aromatic heterocycles. The van der Waals surface area contributed by atoms with Gasteiger partial charge in [-0.3, -0.25) is 4.79 Å². The Morgan fingerprint density at radius 1 is 1.00 bits per heavy atom. The molecule has 7 heteroatoms. The maximum Gasteiger partial charge on any atom is 0.251 e. The number of aromatic nitrogens is 4. The number of H-pyrrole nitrogens is 1. The molecule has 0 aliphatic heterocycles. The first-order chi connectivity index (χ1) is 12.8. The number of carbonyl (C=O) groups is 1. The molecule has 0 bridgehead atoms. The highest BCUT2D eigenvalue weighted by atomic mass is 16.5. The summed E-state index contributed by atoms with van der Waals surface area (Å²) in [7, 11) is 0. The lowest BCUT2D eigenvalue weighted by atomic mass is 10.1. The van der Waals surface area contributed by atoms with Gasteiger partial charge in [-0.05, 0) is 42.0 Å². The van der Waals surface area contributed by atoms with E-state index in [0.717, 1.165) is 11.1 Å². The van der Waals surface area contributed by atoms with Crippen LogP contribution in [-0.4, -0.2) is 26.3 Å². The van der Waals surface area contributed by atoms with Gasteiger partial charge in [0, 0.05) is 24.4 Å². The normalized spacial score (nSPS) is 10.6. The van der Waals surface area contributed by atoms with Crippen LogP contribution in [0.25, 0.3) is 11.0 Å². The third-order valence-corrected chi connectivity index (χ3v) is 3.79. The molecule has 0 atom stereocenters. The Kier molecular flexibility index (Phi) is 4.26. The molecule has 0 aliphatic carbocycles. The van der Waals surface area contributed by atoms with Crippen molar-refractivity contribution in [1.82, 2.24) is 25.7 Å². The molecule has 4 rings (SSSR count). The van der Waals surface area contributed by atoms with Crippen molar-refractivity contribution < 1.29 is 9.53 Å². The summed E-state index contributed by atoms with van der Waals surface area (Å²) in [4.78, 5) is 16.5. The summed E-state index contributed by atoms with van der Waals surface area (Å²) < 4.78 is 5.71. The van der Waals surface area contributed by atoms with E-state index in [-0.39, 0.29) is 5.91 Å². The van der Waals surface area contributed by atoms with Crippen molar-refractivity contribution in [3.8, 4) is 11.6 Å². The van der Waals surface area contributed by atoms with Gasteiger partial charge in [0.25, 0.3) is 5.91 Å². The number of nitrogens with one attached hydrogen (secondary N) is 2. The fourth-order valence-electron chi connectivity index (χ4n) is 2.51. The largest absolute Gasteiger partial charge is 0.439 e. The van der Waals surface area contributed by atoms with E-state index in [1.165, 1.54) is 0 Å². The Hall–Kier alpha value is -3.74. The minimum atomic E-state index is -0.175. The van der Waals surface area contributed by atoms with Gasteiger partial charge in [0.2, 0.25) is 5.88 Å². The summed E-state index contributed by atoms with van der Waals surface area (Å²) in [6.45, 7) is 0.384. The Balaban J connectivity index is 1.42. The molecule has 0 fully saturated rings. The SMILES string of the molecule is O=C(NCc1cccc(Oc2ccccn2)c1)c1ccc2n[nH]nc2c1. The molecule has 2 aromatic carbocycles. The molecule has 2 N–H and O–H groups in total. The number of pyridine rings is 1. The molecule has 0 saturated carbocycles. The van der Waals surface area contributed by atoms with Crippen molar-refractivity contribution in [3.63, 3.8) is 0 Å². The quantitative estimate of drug-likeness (QED) is 0.580. The van der Waals surface area contributed by atoms with Crippen LogP contribution >= 0.6 is 0 Å². The molecule has 0 saturated heterocycles. The number of rotatable bonds is 5. The zero-order valence-corrected chi connectivity index (χ0v) is 13.7. The van der Waals surface area contributed by atoms with E-state index in [1.807, 2.05) is 36.4 Å². The van der Waals surface area contributed by atoms with Gasteiger partial charge in [-0.1, -0.05) is 18.2 Å². The third-order valence-electron chi connectivity index (χ3n) is 3.79. The minimum absolute atomic E-state index is 0.175. The van der Waals surface area contributed by atoms with E-state index >= 15 is 0 Å². The van der Waals surface area contributed by atoms with Crippen LogP contribution in [0.2, 0.25) is 0 Å². The molecule has 4 aromatic rings. The Morgan fingerprint density at radius 2 is 1.92 bits per heavy atom. The van der Waals surface area contributed by atoms with Crippen molar-refractivity contribution in [2.24, 2.45) is 0 Å². The standard InChI is InChI=1S/C19H15N5O2/c25-19(14-7-8-16-17(11-14)23-24-22-16)21-12-13-4-3-5-15(10-13)26-18-6-1-2-9-20-18/h1-11H,12H2,(H,21,25)(H,22,23,24). The first kappa shape index (κ1) is 15.8. The second-order valence-corrected chi connectivity index (χ2v) is 5.63. The van der Waals surface area contributed by atoms with Gasteiger partial charge in [0.1, 0.15) is 16.8 Å². The van der Waals surface area contributed by atoms with Crippen molar-refractivity contribution in [1.29, 1.82) is 0 Å². The fourth-order valence-corrected chi connectivity index (χ4v) is 2.51. The number of hydrogen-bond acceptors (Lipinski definition) is 5. The number of aromatic amines is 1. The van der Waals surface area contributed by atoms with E-state index in [1.54, 1.807) is 30.5 Å². The zero-order chi connectivity index (χ0) is 17.8. The Morgan fingerprint density at radius 3 is 2.81 bits per heavy atom. The van der Waals surface area contributed by atoms with Crippen LogP contribution in [-0.2, 0) is 6.54 Å². The predicted molar refractivity (Wildman–Crippen MR) is 95.8 cm³/mol. The topological polar surface area (TPSA) is 92.8 Å². The molecular formula is C19H15N5O2. The molecule has 0 unspecified atom stereocenters. The number of amides is 1. The van der Waals surface area contributed by atoms with E-state index in [2.05, 4.69) is 25.7 Å². The molecule has 7 nitrogen and oxygen atoms in total. The van der Waals surface area contributed by atoms with Crippen molar-refractivity contribution in [2.45, 2.75) is 6.54 Å². The lowest BCUT2D eigenvalue weighted by Crippen LogP contribution is -2.22. The number of nitrogens with zero attached hydrogens (tertiary/aromatic N) is 3. The number of benzene rings is 2. The molecule has 128 valence electrons. The smallest absolute Gasteiger partial charge is 0.251 e. The van der Waals surface area contributed by atoms with Gasteiger partial charge in [0.15, 0.2) is 0 Å². The monoisotopic (exact) mass is 345 g/mol. The maximum absolute atomic E-state index is 12.3. The van der Waals surface area contributed by atoms with Gasteiger partial charge in [0.05, 0.1) is 0 Å². The minimum Gasteiger partial charge on any atom is -0.439 e. The van der Waals surface area contributed by atoms with Crippen LogP contribution in [0.5, 0.6) is 11.6 Å². The number of carbonyl (C=O) groups excluding carboxylic acids is 1. The van der Waals surface area contributed by atoms with Gasteiger partial charge in [-0.15, -0.1) is 0 Å².